The number of carboxylic acid groups (broad SMARTS) is 1. The lowest BCUT2D eigenvalue weighted by atomic mass is 10.0. The summed E-state index contributed by atoms with van der Waals surface area (Å²) in [5, 5.41) is 9.63. The Balaban J connectivity index is 2.06. The van der Waals surface area contributed by atoms with Crippen molar-refractivity contribution in [3.8, 4) is 0 Å². The second-order valence-corrected chi connectivity index (χ2v) is 8.42. The summed E-state index contributed by atoms with van der Waals surface area (Å²) in [7, 11) is 0. The Bertz CT molecular complexity index is 541. The molecule has 0 aromatic carbocycles. The van der Waals surface area contributed by atoms with Crippen molar-refractivity contribution in [3.05, 3.63) is 29.6 Å². The molecular formula is C25H44NO2+. The molecule has 0 bridgehead atoms. The third kappa shape index (κ3) is 10.2. The highest BCUT2D eigenvalue weighted by Crippen LogP contribution is 2.16. The van der Waals surface area contributed by atoms with E-state index >= 15 is 0 Å². The molecule has 0 aliphatic heterocycles. The summed E-state index contributed by atoms with van der Waals surface area (Å²) < 4.78 is 1.93. The molecular weight excluding hydrogens is 346 g/mol. The maximum atomic E-state index is 11.7. The number of hydrogen-bond acceptors (Lipinski definition) is 1. The fourth-order valence-electron chi connectivity index (χ4n) is 3.97. The highest BCUT2D eigenvalue weighted by Gasteiger charge is 2.28. The molecule has 1 N–H and O–H groups in total. The zero-order valence-corrected chi connectivity index (χ0v) is 18.7. The third-order valence-electron chi connectivity index (χ3n) is 6.00. The largest absolute Gasteiger partial charge is 0.476 e. The first-order chi connectivity index (χ1) is 13.6. The van der Waals surface area contributed by atoms with Crippen molar-refractivity contribution in [1.82, 2.24) is 0 Å². The molecule has 1 rings (SSSR count). The molecule has 1 aromatic rings. The summed E-state index contributed by atoms with van der Waals surface area (Å²) in [6.45, 7) is 6.32. The van der Waals surface area contributed by atoms with Crippen molar-refractivity contribution in [3.63, 3.8) is 0 Å². The Hall–Kier alpha value is -1.38. The highest BCUT2D eigenvalue weighted by molar-refractivity contribution is 5.69. The number of unbranched alkanes of at least 4 members (excludes halogenated alkanes) is 13. The van der Waals surface area contributed by atoms with Gasteiger partial charge in [-0.1, -0.05) is 90.4 Å². The van der Waals surface area contributed by atoms with Crippen molar-refractivity contribution < 1.29 is 14.5 Å². The number of nitrogens with zero attached hydrogens (tertiary/aromatic N) is 1. The summed E-state index contributed by atoms with van der Waals surface area (Å²) in [6.07, 6.45) is 21.2. The van der Waals surface area contributed by atoms with E-state index in [-0.39, 0.29) is 0 Å². The Morgan fingerprint density at radius 2 is 1.32 bits per heavy atom. The predicted octanol–water partition coefficient (Wildman–Crippen LogP) is 7.09. The average molecular weight is 391 g/mol. The minimum atomic E-state index is -0.714. The molecule has 0 fully saturated rings. The first-order valence-corrected chi connectivity index (χ1v) is 11.8. The monoisotopic (exact) mass is 390 g/mol. The molecule has 1 atom stereocenters. The Kier molecular flexibility index (Phi) is 13.7. The van der Waals surface area contributed by atoms with Gasteiger partial charge < -0.3 is 5.11 Å². The second kappa shape index (κ2) is 15.5. The summed E-state index contributed by atoms with van der Waals surface area (Å²) in [6, 6.07) is 3.55. The van der Waals surface area contributed by atoms with E-state index in [1.165, 1.54) is 77.0 Å². The maximum absolute atomic E-state index is 11.7. The standard InChI is InChI=1S/C25H43NO2/c1-4-5-6-7-8-9-10-11-12-13-14-15-16-17-20-24(25(27)28)26-21-18-19-22(2)23(26)3/h18-19,21,24H,4-17,20H2,1-3H3/p+1. The van der Waals surface area contributed by atoms with Crippen LogP contribution in [0.1, 0.15) is 121 Å². The van der Waals surface area contributed by atoms with Crippen molar-refractivity contribution in [2.45, 2.75) is 123 Å². The fraction of sp³-hybridized carbons (Fsp3) is 0.760. The van der Waals surface area contributed by atoms with E-state index in [0.717, 1.165) is 30.5 Å². The van der Waals surface area contributed by atoms with Crippen LogP contribution in [-0.2, 0) is 4.79 Å². The number of pyridine rings is 1. The third-order valence-corrected chi connectivity index (χ3v) is 6.00. The van der Waals surface area contributed by atoms with Gasteiger partial charge in [0.15, 0.2) is 11.9 Å². The van der Waals surface area contributed by atoms with Crippen LogP contribution in [0.3, 0.4) is 0 Å². The average Bonchev–Trinajstić information content (AvgIpc) is 2.67. The molecule has 3 nitrogen and oxygen atoms in total. The normalized spacial score (nSPS) is 12.2. The fourth-order valence-corrected chi connectivity index (χ4v) is 3.97. The van der Waals surface area contributed by atoms with Crippen LogP contribution in [0.4, 0.5) is 0 Å². The van der Waals surface area contributed by atoms with Crippen LogP contribution in [-0.4, -0.2) is 11.1 Å². The van der Waals surface area contributed by atoms with Gasteiger partial charge in [0, 0.05) is 25.0 Å². The number of carboxylic acids is 1. The molecule has 0 saturated carbocycles. The lowest BCUT2D eigenvalue weighted by Gasteiger charge is -2.11. The second-order valence-electron chi connectivity index (χ2n) is 8.42. The van der Waals surface area contributed by atoms with Crippen LogP contribution in [0, 0.1) is 13.8 Å². The molecule has 0 aliphatic carbocycles. The van der Waals surface area contributed by atoms with E-state index in [9.17, 15) is 9.90 Å². The van der Waals surface area contributed by atoms with Crippen molar-refractivity contribution >= 4 is 5.97 Å². The Morgan fingerprint density at radius 1 is 0.857 bits per heavy atom. The molecule has 0 amide bonds. The van der Waals surface area contributed by atoms with E-state index < -0.39 is 12.0 Å². The smallest absolute Gasteiger partial charge is 0.373 e. The lowest BCUT2D eigenvalue weighted by Crippen LogP contribution is -2.46. The first kappa shape index (κ1) is 24.7. The van der Waals surface area contributed by atoms with Gasteiger partial charge in [-0.15, -0.1) is 0 Å². The van der Waals surface area contributed by atoms with Crippen LogP contribution < -0.4 is 4.57 Å². The quantitative estimate of drug-likeness (QED) is 0.228. The number of aliphatic carboxylic acids is 1. The summed E-state index contributed by atoms with van der Waals surface area (Å²) in [5.41, 5.74) is 2.20. The van der Waals surface area contributed by atoms with Gasteiger partial charge in [-0.2, -0.15) is 4.57 Å². The molecule has 160 valence electrons. The Morgan fingerprint density at radius 3 is 1.79 bits per heavy atom. The van der Waals surface area contributed by atoms with Crippen LogP contribution in [0.2, 0.25) is 0 Å². The van der Waals surface area contributed by atoms with Crippen LogP contribution in [0.15, 0.2) is 18.3 Å². The predicted molar refractivity (Wildman–Crippen MR) is 118 cm³/mol. The van der Waals surface area contributed by atoms with Crippen LogP contribution in [0.5, 0.6) is 0 Å². The lowest BCUT2D eigenvalue weighted by molar-refractivity contribution is -0.717. The molecule has 0 saturated heterocycles. The van der Waals surface area contributed by atoms with Crippen molar-refractivity contribution in [1.29, 1.82) is 0 Å². The zero-order chi connectivity index (χ0) is 20.6. The van der Waals surface area contributed by atoms with Gasteiger partial charge in [-0.05, 0) is 19.4 Å². The van der Waals surface area contributed by atoms with E-state index in [0.29, 0.717) is 0 Å². The van der Waals surface area contributed by atoms with Crippen molar-refractivity contribution in [2.24, 2.45) is 0 Å². The summed E-state index contributed by atoms with van der Waals surface area (Å²) >= 11 is 0. The minimum absolute atomic E-state index is 0.433. The molecule has 1 aromatic heterocycles. The number of hydrogen-bond donors (Lipinski definition) is 1. The minimum Gasteiger partial charge on any atom is -0.476 e. The number of carbonyl (C=O) groups is 1. The molecule has 0 aliphatic rings. The molecule has 3 heteroatoms. The van der Waals surface area contributed by atoms with E-state index in [4.69, 9.17) is 0 Å². The molecule has 1 heterocycles. The highest BCUT2D eigenvalue weighted by atomic mass is 16.4. The van der Waals surface area contributed by atoms with Gasteiger partial charge in [0.25, 0.3) is 6.04 Å². The molecule has 0 radical (unpaired) electrons. The first-order valence-electron chi connectivity index (χ1n) is 11.8. The molecule has 1 unspecified atom stereocenters. The molecule has 28 heavy (non-hydrogen) atoms. The van der Waals surface area contributed by atoms with Crippen LogP contribution >= 0.6 is 0 Å². The maximum Gasteiger partial charge on any atom is 0.373 e. The topological polar surface area (TPSA) is 41.2 Å². The number of aromatic nitrogens is 1. The van der Waals surface area contributed by atoms with Gasteiger partial charge in [0.2, 0.25) is 0 Å². The van der Waals surface area contributed by atoms with Gasteiger partial charge >= 0.3 is 5.97 Å². The van der Waals surface area contributed by atoms with Gasteiger partial charge in [0.1, 0.15) is 0 Å². The Labute approximate surface area is 173 Å². The van der Waals surface area contributed by atoms with E-state index in [1.807, 2.05) is 36.7 Å². The zero-order valence-electron chi connectivity index (χ0n) is 18.7. The number of aryl methyl sites for hydroxylation is 1. The summed E-state index contributed by atoms with van der Waals surface area (Å²) in [4.78, 5) is 11.7. The van der Waals surface area contributed by atoms with E-state index in [1.54, 1.807) is 0 Å². The van der Waals surface area contributed by atoms with Crippen molar-refractivity contribution in [2.75, 3.05) is 0 Å². The van der Waals surface area contributed by atoms with E-state index in [2.05, 4.69) is 6.92 Å². The van der Waals surface area contributed by atoms with Gasteiger partial charge in [0.05, 0.1) is 0 Å². The van der Waals surface area contributed by atoms with Gasteiger partial charge in [-0.3, -0.25) is 0 Å². The van der Waals surface area contributed by atoms with Gasteiger partial charge in [-0.25, -0.2) is 4.79 Å². The molecule has 0 spiro atoms. The number of rotatable bonds is 17. The summed E-state index contributed by atoms with van der Waals surface area (Å²) in [5.74, 6) is -0.714. The SMILES string of the molecule is CCCCCCCCCCCCCCCCC(C(=O)O)[n+]1cccc(C)c1C. The van der Waals surface area contributed by atoms with Crippen LogP contribution in [0.25, 0.3) is 0 Å².